The summed E-state index contributed by atoms with van der Waals surface area (Å²) in [6.45, 7) is 1.31. The van der Waals surface area contributed by atoms with Crippen LogP contribution in [0.5, 0.6) is 5.75 Å². The van der Waals surface area contributed by atoms with Gasteiger partial charge in [0.25, 0.3) is 0 Å². The Morgan fingerprint density at radius 1 is 1.25 bits per heavy atom. The van der Waals surface area contributed by atoms with Crippen molar-refractivity contribution in [1.29, 1.82) is 0 Å². The molecule has 1 aromatic rings. The van der Waals surface area contributed by atoms with E-state index >= 15 is 0 Å². The fourth-order valence-corrected chi connectivity index (χ4v) is 2.43. The van der Waals surface area contributed by atoms with Gasteiger partial charge in [-0.2, -0.15) is 0 Å². The first-order valence-electron chi connectivity index (χ1n) is 6.33. The Labute approximate surface area is 123 Å². The molecule has 0 saturated carbocycles. The van der Waals surface area contributed by atoms with Gasteiger partial charge in [-0.25, -0.2) is 0 Å². The van der Waals surface area contributed by atoms with Crippen LogP contribution >= 0.6 is 15.9 Å². The molecular formula is C13H15BrF3NO2. The second-order valence-corrected chi connectivity index (χ2v) is 5.49. The zero-order valence-corrected chi connectivity index (χ0v) is 12.3. The van der Waals surface area contributed by atoms with Crippen molar-refractivity contribution >= 4 is 21.6 Å². The zero-order valence-electron chi connectivity index (χ0n) is 10.7. The maximum Gasteiger partial charge on any atom is 0.573 e. The molecule has 7 heteroatoms. The normalized spacial score (nSPS) is 20.3. The van der Waals surface area contributed by atoms with E-state index in [1.54, 1.807) is 12.1 Å². The van der Waals surface area contributed by atoms with Gasteiger partial charge in [0.1, 0.15) is 0 Å². The Balaban J connectivity index is 2.13. The number of hydrogen-bond donors (Lipinski definition) is 1. The van der Waals surface area contributed by atoms with Gasteiger partial charge in [0.05, 0.1) is 5.69 Å². The third-order valence-electron chi connectivity index (χ3n) is 2.98. The molecule has 1 aliphatic rings. The Kier molecular flexibility index (Phi) is 5.15. The standard InChI is InChI=1S/C13H15BrF3NO2/c14-9-3-4-11(12(8-9)20-13(15,16)17)18-10-2-1-6-19-7-5-10/h3-4,8,10,18H,1-2,5-7H2. The Morgan fingerprint density at radius 2 is 2.05 bits per heavy atom. The van der Waals surface area contributed by atoms with Gasteiger partial charge in [0.2, 0.25) is 0 Å². The van der Waals surface area contributed by atoms with Gasteiger partial charge in [-0.1, -0.05) is 15.9 Å². The van der Waals surface area contributed by atoms with Crippen molar-refractivity contribution in [3.63, 3.8) is 0 Å². The average molecular weight is 354 g/mol. The van der Waals surface area contributed by atoms with Crippen molar-refractivity contribution in [3.8, 4) is 5.75 Å². The molecule has 0 radical (unpaired) electrons. The minimum Gasteiger partial charge on any atom is -0.404 e. The number of hydrogen-bond acceptors (Lipinski definition) is 3. The topological polar surface area (TPSA) is 30.5 Å². The van der Waals surface area contributed by atoms with Gasteiger partial charge in [-0.15, -0.1) is 13.2 Å². The second-order valence-electron chi connectivity index (χ2n) is 4.57. The van der Waals surface area contributed by atoms with Crippen LogP contribution in [-0.2, 0) is 4.74 Å². The van der Waals surface area contributed by atoms with Crippen molar-refractivity contribution in [2.75, 3.05) is 18.5 Å². The number of anilines is 1. The summed E-state index contributed by atoms with van der Waals surface area (Å²) in [5.74, 6) is -0.225. The molecule has 0 aromatic heterocycles. The monoisotopic (exact) mass is 353 g/mol. The Bertz CT molecular complexity index is 446. The van der Waals surface area contributed by atoms with Crippen LogP contribution < -0.4 is 10.1 Å². The lowest BCUT2D eigenvalue weighted by Crippen LogP contribution is -2.22. The molecule has 3 nitrogen and oxygen atoms in total. The third-order valence-corrected chi connectivity index (χ3v) is 3.47. The molecule has 1 heterocycles. The quantitative estimate of drug-likeness (QED) is 0.877. The molecule has 112 valence electrons. The summed E-state index contributed by atoms with van der Waals surface area (Å²) in [6.07, 6.45) is -2.18. The summed E-state index contributed by atoms with van der Waals surface area (Å²) in [5, 5.41) is 3.11. The van der Waals surface area contributed by atoms with E-state index < -0.39 is 6.36 Å². The molecular weight excluding hydrogens is 339 g/mol. The molecule has 1 N–H and O–H groups in total. The van der Waals surface area contributed by atoms with Gasteiger partial charge in [-0.3, -0.25) is 0 Å². The minimum atomic E-state index is -4.70. The van der Waals surface area contributed by atoms with E-state index in [0.29, 0.717) is 23.4 Å². The zero-order chi connectivity index (χ0) is 14.6. The van der Waals surface area contributed by atoms with Crippen LogP contribution in [0.1, 0.15) is 19.3 Å². The maximum absolute atomic E-state index is 12.4. The molecule has 2 rings (SSSR count). The van der Waals surface area contributed by atoms with Gasteiger partial charge < -0.3 is 14.8 Å². The first kappa shape index (κ1) is 15.4. The van der Waals surface area contributed by atoms with Crippen molar-refractivity contribution in [3.05, 3.63) is 22.7 Å². The van der Waals surface area contributed by atoms with Gasteiger partial charge >= 0.3 is 6.36 Å². The molecule has 1 fully saturated rings. The highest BCUT2D eigenvalue weighted by atomic mass is 79.9. The van der Waals surface area contributed by atoms with E-state index in [4.69, 9.17) is 4.74 Å². The number of alkyl halides is 3. The lowest BCUT2D eigenvalue weighted by molar-refractivity contribution is -0.274. The molecule has 1 unspecified atom stereocenters. The van der Waals surface area contributed by atoms with E-state index in [9.17, 15) is 13.2 Å². The summed E-state index contributed by atoms with van der Waals surface area (Å²) in [4.78, 5) is 0. The Morgan fingerprint density at radius 3 is 2.80 bits per heavy atom. The highest BCUT2D eigenvalue weighted by Gasteiger charge is 2.32. The Hall–Kier alpha value is -0.950. The fourth-order valence-electron chi connectivity index (χ4n) is 2.09. The number of ether oxygens (including phenoxy) is 2. The van der Waals surface area contributed by atoms with E-state index in [1.807, 2.05) is 0 Å². The number of halogens is 4. The van der Waals surface area contributed by atoms with E-state index in [0.717, 1.165) is 19.3 Å². The molecule has 1 saturated heterocycles. The maximum atomic E-state index is 12.4. The summed E-state index contributed by atoms with van der Waals surface area (Å²) in [5.41, 5.74) is 0.345. The number of nitrogens with one attached hydrogen (secondary N) is 1. The van der Waals surface area contributed by atoms with Crippen LogP contribution in [0.15, 0.2) is 22.7 Å². The molecule has 0 aliphatic carbocycles. The highest BCUT2D eigenvalue weighted by Crippen LogP contribution is 2.34. The first-order valence-corrected chi connectivity index (χ1v) is 7.13. The van der Waals surface area contributed by atoms with Gasteiger partial charge in [0, 0.05) is 23.7 Å². The van der Waals surface area contributed by atoms with Crippen LogP contribution in [0.3, 0.4) is 0 Å². The summed E-state index contributed by atoms with van der Waals surface area (Å²) >= 11 is 3.15. The predicted molar refractivity (Wildman–Crippen MR) is 72.9 cm³/mol. The van der Waals surface area contributed by atoms with Gasteiger partial charge in [0.15, 0.2) is 5.75 Å². The van der Waals surface area contributed by atoms with Crippen LogP contribution in [0.2, 0.25) is 0 Å². The second kappa shape index (κ2) is 6.67. The molecule has 1 atom stereocenters. The molecule has 1 aliphatic heterocycles. The molecule has 20 heavy (non-hydrogen) atoms. The minimum absolute atomic E-state index is 0.0919. The largest absolute Gasteiger partial charge is 0.573 e. The van der Waals surface area contributed by atoms with Crippen LogP contribution in [0.4, 0.5) is 18.9 Å². The fraction of sp³-hybridized carbons (Fsp3) is 0.538. The van der Waals surface area contributed by atoms with Crippen molar-refractivity contribution in [1.82, 2.24) is 0 Å². The van der Waals surface area contributed by atoms with E-state index in [2.05, 4.69) is 26.0 Å². The number of benzene rings is 1. The molecule has 0 bridgehead atoms. The van der Waals surface area contributed by atoms with Crippen molar-refractivity contribution in [2.45, 2.75) is 31.7 Å². The van der Waals surface area contributed by atoms with E-state index in [1.165, 1.54) is 6.07 Å². The van der Waals surface area contributed by atoms with Crippen LogP contribution in [0, 0.1) is 0 Å². The number of rotatable bonds is 3. The molecule has 0 spiro atoms. The summed E-state index contributed by atoms with van der Waals surface area (Å²) < 4.78 is 47.2. The summed E-state index contributed by atoms with van der Waals surface area (Å²) in [7, 11) is 0. The average Bonchev–Trinajstić information content (AvgIpc) is 2.59. The molecule has 0 amide bonds. The van der Waals surface area contributed by atoms with Gasteiger partial charge in [-0.05, 0) is 37.5 Å². The predicted octanol–water partition coefficient (Wildman–Crippen LogP) is 4.33. The first-order chi connectivity index (χ1) is 9.44. The lowest BCUT2D eigenvalue weighted by atomic mass is 10.1. The highest BCUT2D eigenvalue weighted by molar-refractivity contribution is 9.10. The van der Waals surface area contributed by atoms with Crippen molar-refractivity contribution in [2.24, 2.45) is 0 Å². The lowest BCUT2D eigenvalue weighted by Gasteiger charge is -2.20. The van der Waals surface area contributed by atoms with E-state index in [-0.39, 0.29) is 11.8 Å². The smallest absolute Gasteiger partial charge is 0.404 e. The van der Waals surface area contributed by atoms with Crippen LogP contribution in [-0.4, -0.2) is 25.6 Å². The third kappa shape index (κ3) is 4.86. The van der Waals surface area contributed by atoms with Crippen molar-refractivity contribution < 1.29 is 22.6 Å². The SMILES string of the molecule is FC(F)(F)Oc1cc(Br)ccc1NC1CCCOCC1. The molecule has 1 aromatic carbocycles. The van der Waals surface area contributed by atoms with Crippen LogP contribution in [0.25, 0.3) is 0 Å². The summed E-state index contributed by atoms with van der Waals surface area (Å²) in [6, 6.07) is 4.66.